The summed E-state index contributed by atoms with van der Waals surface area (Å²) in [4.78, 5) is 14.3. The number of anilines is 1. The van der Waals surface area contributed by atoms with Gasteiger partial charge >= 0.3 is 0 Å². The Morgan fingerprint density at radius 1 is 1.00 bits per heavy atom. The molecule has 4 heteroatoms. The Kier molecular flexibility index (Phi) is 4.69. The van der Waals surface area contributed by atoms with Gasteiger partial charge in [-0.15, -0.1) is 0 Å². The first-order chi connectivity index (χ1) is 9.49. The molecule has 2 aromatic rings. The SMILES string of the molecule is CN(C)c1ccc(C(=O)Cc2c(Cl)cccc2Cl)cc1. The molecule has 0 radical (unpaired) electrons. The minimum absolute atomic E-state index is 0.00491. The number of ketones is 1. The van der Waals surface area contributed by atoms with Crippen LogP contribution in [0.2, 0.25) is 10.0 Å². The van der Waals surface area contributed by atoms with E-state index in [4.69, 9.17) is 23.2 Å². The molecule has 2 aromatic carbocycles. The molecule has 0 fully saturated rings. The van der Waals surface area contributed by atoms with Gasteiger partial charge < -0.3 is 4.90 Å². The highest BCUT2D eigenvalue weighted by Gasteiger charge is 2.12. The van der Waals surface area contributed by atoms with Gasteiger partial charge in [-0.25, -0.2) is 0 Å². The van der Waals surface area contributed by atoms with E-state index in [9.17, 15) is 4.79 Å². The Hall–Kier alpha value is -1.51. The minimum atomic E-state index is 0.00491. The molecule has 0 aliphatic carbocycles. The summed E-state index contributed by atoms with van der Waals surface area (Å²) in [5.74, 6) is 0.00491. The summed E-state index contributed by atoms with van der Waals surface area (Å²) in [6.07, 6.45) is 0.208. The first kappa shape index (κ1) is 14.9. The number of benzene rings is 2. The molecule has 20 heavy (non-hydrogen) atoms. The van der Waals surface area contributed by atoms with E-state index in [1.54, 1.807) is 18.2 Å². The summed E-state index contributed by atoms with van der Waals surface area (Å²) < 4.78 is 0. The van der Waals surface area contributed by atoms with E-state index in [1.165, 1.54) is 0 Å². The molecule has 0 unspecified atom stereocenters. The lowest BCUT2D eigenvalue weighted by Gasteiger charge is -2.12. The first-order valence-electron chi connectivity index (χ1n) is 6.22. The number of halogens is 2. The van der Waals surface area contributed by atoms with Crippen molar-refractivity contribution >= 4 is 34.7 Å². The van der Waals surface area contributed by atoms with Crippen molar-refractivity contribution in [3.63, 3.8) is 0 Å². The van der Waals surface area contributed by atoms with Crippen LogP contribution in [0.3, 0.4) is 0 Å². The van der Waals surface area contributed by atoms with Crippen LogP contribution < -0.4 is 4.90 Å². The number of nitrogens with zero attached hydrogens (tertiary/aromatic N) is 1. The van der Waals surface area contributed by atoms with Gasteiger partial charge in [0, 0.05) is 41.8 Å². The van der Waals surface area contributed by atoms with Gasteiger partial charge in [-0.3, -0.25) is 4.79 Å². The lowest BCUT2D eigenvalue weighted by Crippen LogP contribution is -2.09. The smallest absolute Gasteiger partial charge is 0.167 e. The molecule has 0 spiro atoms. The molecular weight excluding hydrogens is 293 g/mol. The number of hydrogen-bond donors (Lipinski definition) is 0. The second-order valence-electron chi connectivity index (χ2n) is 4.74. The molecule has 2 rings (SSSR count). The van der Waals surface area contributed by atoms with Crippen molar-refractivity contribution in [2.24, 2.45) is 0 Å². The number of rotatable bonds is 4. The molecule has 0 heterocycles. The van der Waals surface area contributed by atoms with Crippen LogP contribution >= 0.6 is 23.2 Å². The molecule has 0 aliphatic heterocycles. The largest absolute Gasteiger partial charge is 0.378 e. The van der Waals surface area contributed by atoms with Crippen molar-refractivity contribution in [3.8, 4) is 0 Å². The third kappa shape index (κ3) is 3.33. The van der Waals surface area contributed by atoms with Gasteiger partial charge in [0.1, 0.15) is 0 Å². The molecule has 0 amide bonds. The van der Waals surface area contributed by atoms with Crippen LogP contribution in [-0.4, -0.2) is 19.9 Å². The first-order valence-corrected chi connectivity index (χ1v) is 6.98. The molecule has 0 saturated heterocycles. The van der Waals surface area contributed by atoms with Crippen LogP contribution in [0.5, 0.6) is 0 Å². The van der Waals surface area contributed by atoms with Gasteiger partial charge in [0.05, 0.1) is 0 Å². The average molecular weight is 308 g/mol. The van der Waals surface area contributed by atoms with Crippen LogP contribution in [-0.2, 0) is 6.42 Å². The zero-order chi connectivity index (χ0) is 14.7. The standard InChI is InChI=1S/C16H15Cl2NO/c1-19(2)12-8-6-11(7-9-12)16(20)10-13-14(17)4-3-5-15(13)18/h3-9H,10H2,1-2H3. The number of carbonyl (C=O) groups excluding carboxylic acids is 1. The summed E-state index contributed by atoms with van der Waals surface area (Å²) in [5, 5.41) is 1.05. The van der Waals surface area contributed by atoms with Gasteiger partial charge in [0.15, 0.2) is 5.78 Å². The van der Waals surface area contributed by atoms with E-state index in [0.29, 0.717) is 21.2 Å². The number of carbonyl (C=O) groups is 1. The highest BCUT2D eigenvalue weighted by Crippen LogP contribution is 2.26. The minimum Gasteiger partial charge on any atom is -0.378 e. The van der Waals surface area contributed by atoms with Crippen molar-refractivity contribution in [1.82, 2.24) is 0 Å². The lowest BCUT2D eigenvalue weighted by molar-refractivity contribution is 0.0993. The molecule has 0 aliphatic rings. The van der Waals surface area contributed by atoms with E-state index in [2.05, 4.69) is 0 Å². The maximum atomic E-state index is 12.3. The third-order valence-electron chi connectivity index (χ3n) is 3.10. The summed E-state index contributed by atoms with van der Waals surface area (Å²) in [6, 6.07) is 12.7. The zero-order valence-electron chi connectivity index (χ0n) is 11.4. The monoisotopic (exact) mass is 307 g/mol. The quantitative estimate of drug-likeness (QED) is 0.776. The summed E-state index contributed by atoms with van der Waals surface area (Å²) in [6.45, 7) is 0. The van der Waals surface area contributed by atoms with E-state index >= 15 is 0 Å². The van der Waals surface area contributed by atoms with Crippen molar-refractivity contribution in [1.29, 1.82) is 0 Å². The van der Waals surface area contributed by atoms with Crippen LogP contribution in [0.4, 0.5) is 5.69 Å². The molecule has 0 saturated carbocycles. The topological polar surface area (TPSA) is 20.3 Å². The molecule has 0 aromatic heterocycles. The van der Waals surface area contributed by atoms with Gasteiger partial charge in [-0.1, -0.05) is 29.3 Å². The van der Waals surface area contributed by atoms with Crippen LogP contribution in [0, 0.1) is 0 Å². The van der Waals surface area contributed by atoms with E-state index in [-0.39, 0.29) is 12.2 Å². The Balaban J connectivity index is 2.20. The summed E-state index contributed by atoms with van der Waals surface area (Å²) in [5.41, 5.74) is 2.39. The van der Waals surface area contributed by atoms with Crippen molar-refractivity contribution in [2.75, 3.05) is 19.0 Å². The summed E-state index contributed by atoms with van der Waals surface area (Å²) in [7, 11) is 3.92. The van der Waals surface area contributed by atoms with Crippen LogP contribution in [0.15, 0.2) is 42.5 Å². The van der Waals surface area contributed by atoms with Crippen molar-refractivity contribution < 1.29 is 4.79 Å². The second-order valence-corrected chi connectivity index (χ2v) is 5.56. The predicted molar refractivity (Wildman–Crippen MR) is 85.3 cm³/mol. The van der Waals surface area contributed by atoms with Gasteiger partial charge in [-0.2, -0.15) is 0 Å². The molecule has 0 N–H and O–H groups in total. The lowest BCUT2D eigenvalue weighted by atomic mass is 10.0. The second kappa shape index (κ2) is 6.29. The average Bonchev–Trinajstić information content (AvgIpc) is 2.43. The van der Waals surface area contributed by atoms with Gasteiger partial charge in [-0.05, 0) is 42.0 Å². The molecule has 104 valence electrons. The highest BCUT2D eigenvalue weighted by molar-refractivity contribution is 6.36. The molecule has 2 nitrogen and oxygen atoms in total. The number of hydrogen-bond acceptors (Lipinski definition) is 2. The zero-order valence-corrected chi connectivity index (χ0v) is 12.9. The van der Waals surface area contributed by atoms with Crippen LogP contribution in [0.1, 0.15) is 15.9 Å². The Labute approximate surface area is 128 Å². The fourth-order valence-corrected chi connectivity index (χ4v) is 2.44. The Bertz CT molecular complexity index is 601. The fraction of sp³-hybridized carbons (Fsp3) is 0.188. The van der Waals surface area contributed by atoms with Crippen molar-refractivity contribution in [2.45, 2.75) is 6.42 Å². The third-order valence-corrected chi connectivity index (χ3v) is 3.81. The van der Waals surface area contributed by atoms with Gasteiger partial charge in [0.25, 0.3) is 0 Å². The van der Waals surface area contributed by atoms with Gasteiger partial charge in [0.2, 0.25) is 0 Å². The maximum absolute atomic E-state index is 12.3. The Morgan fingerprint density at radius 2 is 1.55 bits per heavy atom. The molecular formula is C16H15Cl2NO. The van der Waals surface area contributed by atoms with Crippen LogP contribution in [0.25, 0.3) is 0 Å². The number of Topliss-reactive ketones (excluding diaryl/α,β-unsaturated/α-hetero) is 1. The predicted octanol–water partition coefficient (Wildman–Crippen LogP) is 4.48. The highest BCUT2D eigenvalue weighted by atomic mass is 35.5. The normalized spacial score (nSPS) is 10.4. The summed E-state index contributed by atoms with van der Waals surface area (Å²) >= 11 is 12.2. The fourth-order valence-electron chi connectivity index (χ4n) is 1.91. The van der Waals surface area contributed by atoms with E-state index in [0.717, 1.165) is 5.69 Å². The molecule has 0 bridgehead atoms. The van der Waals surface area contributed by atoms with E-state index < -0.39 is 0 Å². The van der Waals surface area contributed by atoms with Crippen molar-refractivity contribution in [3.05, 3.63) is 63.6 Å². The maximum Gasteiger partial charge on any atom is 0.167 e. The molecule has 0 atom stereocenters. The Morgan fingerprint density at radius 3 is 2.05 bits per heavy atom. The van der Waals surface area contributed by atoms with E-state index in [1.807, 2.05) is 43.3 Å².